The third kappa shape index (κ3) is 1.47. The topological polar surface area (TPSA) is 86.3 Å². The maximum Gasteiger partial charge on any atom is 0.269 e. The van der Waals surface area contributed by atoms with E-state index >= 15 is 0 Å². The van der Waals surface area contributed by atoms with Gasteiger partial charge in [0.1, 0.15) is 0 Å². The van der Waals surface area contributed by atoms with E-state index in [1.807, 2.05) is 0 Å². The highest BCUT2D eigenvalue weighted by atomic mass is 16.6. The molecule has 0 aliphatic heterocycles. The lowest BCUT2D eigenvalue weighted by molar-refractivity contribution is -0.385. The van der Waals surface area contributed by atoms with Crippen molar-refractivity contribution in [3.63, 3.8) is 0 Å². The van der Waals surface area contributed by atoms with Crippen molar-refractivity contribution in [1.29, 1.82) is 0 Å². The smallest absolute Gasteiger partial charge is 0.258 e. The molecule has 4 rings (SSSR count). The maximum absolute atomic E-state index is 11.0. The zero-order valence-corrected chi connectivity index (χ0v) is 10.9. The molecular weight excluding hydrogens is 272 g/mol. The Bertz CT molecular complexity index is 759. The highest BCUT2D eigenvalue weighted by Gasteiger charge is 2.53. The molecule has 0 aromatic heterocycles. The van der Waals surface area contributed by atoms with E-state index in [0.29, 0.717) is 0 Å². The number of nitrogens with zero attached hydrogens (tertiary/aromatic N) is 2. The maximum atomic E-state index is 11.0. The van der Waals surface area contributed by atoms with Gasteiger partial charge in [0, 0.05) is 29.7 Å². The number of hydrogen-bond donors (Lipinski definition) is 0. The normalized spacial score (nSPS) is 16.4. The monoisotopic (exact) mass is 282 g/mol. The summed E-state index contributed by atoms with van der Waals surface area (Å²) in [6, 6.07) is 9.73. The van der Waals surface area contributed by atoms with Crippen molar-refractivity contribution >= 4 is 11.4 Å². The minimum absolute atomic E-state index is 0.0716. The van der Waals surface area contributed by atoms with Crippen LogP contribution in [0.1, 0.15) is 24.0 Å². The molecule has 6 nitrogen and oxygen atoms in total. The molecule has 1 fully saturated rings. The number of benzene rings is 2. The van der Waals surface area contributed by atoms with Gasteiger partial charge < -0.3 is 0 Å². The van der Waals surface area contributed by atoms with Crippen LogP contribution in [0.25, 0.3) is 11.1 Å². The number of non-ortho nitro benzene ring substituents is 2. The molecule has 2 aromatic rings. The zero-order chi connectivity index (χ0) is 14.8. The molecule has 6 heteroatoms. The second kappa shape index (κ2) is 3.66. The largest absolute Gasteiger partial charge is 0.269 e. The van der Waals surface area contributed by atoms with Gasteiger partial charge in [0.2, 0.25) is 0 Å². The van der Waals surface area contributed by atoms with Crippen molar-refractivity contribution in [2.75, 3.05) is 0 Å². The third-order valence-corrected chi connectivity index (χ3v) is 4.50. The van der Waals surface area contributed by atoms with Crippen LogP contribution in [0.5, 0.6) is 0 Å². The van der Waals surface area contributed by atoms with E-state index in [2.05, 4.69) is 0 Å². The van der Waals surface area contributed by atoms with E-state index in [9.17, 15) is 20.2 Å². The van der Waals surface area contributed by atoms with Crippen LogP contribution in [0, 0.1) is 20.2 Å². The summed E-state index contributed by atoms with van der Waals surface area (Å²) in [6.07, 6.45) is 1.77. The van der Waals surface area contributed by atoms with Crippen molar-refractivity contribution in [3.8, 4) is 11.1 Å². The molecule has 0 heterocycles. The summed E-state index contributed by atoms with van der Waals surface area (Å²) in [7, 11) is 0. The standard InChI is InChI=1S/C15H10N2O4/c18-16(19)9-1-3-11-12-4-2-10(17(20)21)8-14(12)15(5-6-15)13(11)7-9/h1-4,7-8H,5-6H2. The Morgan fingerprint density at radius 1 is 0.810 bits per heavy atom. The number of nitro groups is 2. The fourth-order valence-corrected chi connectivity index (χ4v) is 3.36. The molecule has 1 saturated carbocycles. The van der Waals surface area contributed by atoms with Crippen LogP contribution in [0.15, 0.2) is 36.4 Å². The van der Waals surface area contributed by atoms with E-state index in [1.54, 1.807) is 24.3 Å². The Hall–Kier alpha value is -2.76. The number of fused-ring (bicyclic) bond motifs is 5. The summed E-state index contributed by atoms with van der Waals surface area (Å²) in [4.78, 5) is 21.1. The summed E-state index contributed by atoms with van der Waals surface area (Å²) in [5.74, 6) is 0. The molecule has 2 aliphatic carbocycles. The highest BCUT2D eigenvalue weighted by Crippen LogP contribution is 2.63. The molecule has 0 N–H and O–H groups in total. The van der Waals surface area contributed by atoms with Gasteiger partial charge in [0.05, 0.1) is 9.85 Å². The lowest BCUT2D eigenvalue weighted by atomic mass is 9.93. The Morgan fingerprint density at radius 3 is 1.57 bits per heavy atom. The summed E-state index contributed by atoms with van der Waals surface area (Å²) in [5, 5.41) is 21.9. The molecule has 0 bridgehead atoms. The Balaban J connectivity index is 1.96. The first-order chi connectivity index (χ1) is 10.0. The number of hydrogen-bond acceptors (Lipinski definition) is 4. The van der Waals surface area contributed by atoms with Crippen molar-refractivity contribution in [2.24, 2.45) is 0 Å². The van der Waals surface area contributed by atoms with Gasteiger partial charge >= 0.3 is 0 Å². The van der Waals surface area contributed by atoms with E-state index in [0.717, 1.165) is 35.1 Å². The third-order valence-electron chi connectivity index (χ3n) is 4.50. The van der Waals surface area contributed by atoms with E-state index in [1.165, 1.54) is 12.1 Å². The van der Waals surface area contributed by atoms with Gasteiger partial charge in [0.15, 0.2) is 0 Å². The van der Waals surface area contributed by atoms with Crippen molar-refractivity contribution in [1.82, 2.24) is 0 Å². The van der Waals surface area contributed by atoms with Crippen LogP contribution >= 0.6 is 0 Å². The molecule has 2 aliphatic rings. The summed E-state index contributed by atoms with van der Waals surface area (Å²) in [5.41, 5.74) is 3.69. The molecule has 0 unspecified atom stereocenters. The molecule has 0 atom stereocenters. The van der Waals surface area contributed by atoms with E-state index in [4.69, 9.17) is 0 Å². The van der Waals surface area contributed by atoms with Gasteiger partial charge in [-0.15, -0.1) is 0 Å². The van der Waals surface area contributed by atoms with Gasteiger partial charge in [0.25, 0.3) is 11.4 Å². The number of nitro benzene ring substituents is 2. The first kappa shape index (κ1) is 12.0. The predicted molar refractivity (Wildman–Crippen MR) is 75.2 cm³/mol. The van der Waals surface area contributed by atoms with Gasteiger partial charge in [-0.3, -0.25) is 20.2 Å². The molecule has 104 valence electrons. The minimum Gasteiger partial charge on any atom is -0.258 e. The Kier molecular flexibility index (Phi) is 2.10. The molecule has 0 saturated heterocycles. The highest BCUT2D eigenvalue weighted by molar-refractivity contribution is 5.84. The summed E-state index contributed by atoms with van der Waals surface area (Å²) >= 11 is 0. The lowest BCUT2D eigenvalue weighted by Crippen LogP contribution is -2.04. The van der Waals surface area contributed by atoms with Gasteiger partial charge in [-0.2, -0.15) is 0 Å². The second-order valence-electron chi connectivity index (χ2n) is 5.56. The average Bonchev–Trinajstić information content (AvgIpc) is 3.22. The molecule has 21 heavy (non-hydrogen) atoms. The van der Waals surface area contributed by atoms with Crippen LogP contribution in [0.4, 0.5) is 11.4 Å². The SMILES string of the molecule is O=[N+]([O-])c1ccc2c(c1)C1(CC1)c1cc([N+](=O)[O-])ccc1-2. The Labute approximate surface area is 119 Å². The van der Waals surface area contributed by atoms with Crippen LogP contribution in [0.2, 0.25) is 0 Å². The first-order valence-corrected chi connectivity index (χ1v) is 6.61. The minimum atomic E-state index is -0.401. The van der Waals surface area contributed by atoms with Crippen molar-refractivity contribution < 1.29 is 9.85 Å². The first-order valence-electron chi connectivity index (χ1n) is 6.61. The fourth-order valence-electron chi connectivity index (χ4n) is 3.36. The predicted octanol–water partition coefficient (Wildman–Crippen LogP) is 3.56. The van der Waals surface area contributed by atoms with Crippen molar-refractivity contribution in [2.45, 2.75) is 18.3 Å². The molecule has 0 radical (unpaired) electrons. The Morgan fingerprint density at radius 2 is 1.24 bits per heavy atom. The average molecular weight is 282 g/mol. The molecular formula is C15H10N2O4. The fraction of sp³-hybridized carbons (Fsp3) is 0.200. The van der Waals surface area contributed by atoms with E-state index < -0.39 is 9.85 Å². The number of rotatable bonds is 2. The summed E-state index contributed by atoms with van der Waals surface area (Å²) in [6.45, 7) is 0. The van der Waals surface area contributed by atoms with Crippen LogP contribution in [0.3, 0.4) is 0 Å². The van der Waals surface area contributed by atoms with E-state index in [-0.39, 0.29) is 16.8 Å². The molecule has 1 spiro atoms. The van der Waals surface area contributed by atoms with Crippen LogP contribution in [-0.2, 0) is 5.41 Å². The van der Waals surface area contributed by atoms with Gasteiger partial charge in [-0.1, -0.05) is 0 Å². The zero-order valence-electron chi connectivity index (χ0n) is 10.9. The van der Waals surface area contributed by atoms with Crippen LogP contribution in [-0.4, -0.2) is 9.85 Å². The quantitative estimate of drug-likeness (QED) is 0.622. The molecule has 2 aromatic carbocycles. The van der Waals surface area contributed by atoms with Gasteiger partial charge in [-0.25, -0.2) is 0 Å². The summed E-state index contributed by atoms with van der Waals surface area (Å²) < 4.78 is 0. The van der Waals surface area contributed by atoms with Crippen molar-refractivity contribution in [3.05, 3.63) is 67.8 Å². The second-order valence-corrected chi connectivity index (χ2v) is 5.56. The van der Waals surface area contributed by atoms with Crippen LogP contribution < -0.4 is 0 Å². The lowest BCUT2D eigenvalue weighted by Gasteiger charge is -2.09. The van der Waals surface area contributed by atoms with Gasteiger partial charge in [-0.05, 0) is 47.2 Å². The molecule has 0 amide bonds.